The zero-order chi connectivity index (χ0) is 11.9. The van der Waals surface area contributed by atoms with Crippen LogP contribution in [0, 0.1) is 11.3 Å². The van der Waals surface area contributed by atoms with E-state index in [2.05, 4.69) is 28.5 Å². The summed E-state index contributed by atoms with van der Waals surface area (Å²) in [6, 6.07) is 2.34. The molecule has 1 unspecified atom stereocenters. The Balaban J connectivity index is 2.31. The molecule has 1 rings (SSSR count). The van der Waals surface area contributed by atoms with Crippen molar-refractivity contribution in [2.24, 2.45) is 0 Å². The first-order valence-corrected chi connectivity index (χ1v) is 7.12. The molecule has 0 amide bonds. The van der Waals surface area contributed by atoms with E-state index in [9.17, 15) is 0 Å². The van der Waals surface area contributed by atoms with Gasteiger partial charge in [-0.15, -0.1) is 10.2 Å². The Labute approximate surface area is 104 Å². The van der Waals surface area contributed by atoms with Crippen molar-refractivity contribution >= 4 is 23.1 Å². The van der Waals surface area contributed by atoms with Crippen molar-refractivity contribution in [3.05, 3.63) is 5.51 Å². The molecule has 0 saturated heterocycles. The fraction of sp³-hybridized carbons (Fsp3) is 0.700. The van der Waals surface area contributed by atoms with Crippen LogP contribution < -0.4 is 5.32 Å². The van der Waals surface area contributed by atoms with Crippen molar-refractivity contribution in [2.75, 3.05) is 12.3 Å². The van der Waals surface area contributed by atoms with Crippen LogP contribution in [-0.4, -0.2) is 28.0 Å². The van der Waals surface area contributed by atoms with Crippen LogP contribution in [0.3, 0.4) is 0 Å². The average Bonchev–Trinajstić information content (AvgIpc) is 2.79. The largest absolute Gasteiger partial charge is 0.300 e. The molecule has 0 spiro atoms. The predicted molar refractivity (Wildman–Crippen MR) is 67.6 cm³/mol. The molecular weight excluding hydrogens is 240 g/mol. The van der Waals surface area contributed by atoms with E-state index in [1.54, 1.807) is 17.3 Å². The van der Waals surface area contributed by atoms with E-state index in [-0.39, 0.29) is 0 Å². The van der Waals surface area contributed by atoms with Gasteiger partial charge in [0.15, 0.2) is 4.34 Å². The van der Waals surface area contributed by atoms with Gasteiger partial charge in [0.2, 0.25) is 0 Å². The lowest BCUT2D eigenvalue weighted by molar-refractivity contribution is 0.437. The SMILES string of the molecule is CCCNC(C)(C#N)CCSc1nncs1. The highest BCUT2D eigenvalue weighted by molar-refractivity contribution is 8.00. The minimum atomic E-state index is -0.423. The highest BCUT2D eigenvalue weighted by Crippen LogP contribution is 2.22. The molecule has 1 aromatic rings. The number of hydrogen-bond acceptors (Lipinski definition) is 6. The van der Waals surface area contributed by atoms with E-state index in [4.69, 9.17) is 5.26 Å². The quantitative estimate of drug-likeness (QED) is 0.758. The molecule has 6 heteroatoms. The van der Waals surface area contributed by atoms with Crippen molar-refractivity contribution in [1.29, 1.82) is 5.26 Å². The van der Waals surface area contributed by atoms with Gasteiger partial charge in [0.05, 0.1) is 6.07 Å². The maximum atomic E-state index is 9.12. The summed E-state index contributed by atoms with van der Waals surface area (Å²) >= 11 is 3.19. The number of rotatable bonds is 7. The summed E-state index contributed by atoms with van der Waals surface area (Å²) in [5, 5.41) is 20.1. The molecule has 0 aliphatic heterocycles. The van der Waals surface area contributed by atoms with Crippen molar-refractivity contribution in [1.82, 2.24) is 15.5 Å². The molecule has 0 fully saturated rings. The lowest BCUT2D eigenvalue weighted by atomic mass is 10.0. The summed E-state index contributed by atoms with van der Waals surface area (Å²) in [7, 11) is 0. The number of thioether (sulfide) groups is 1. The van der Waals surface area contributed by atoms with Gasteiger partial charge in [0.1, 0.15) is 11.0 Å². The smallest absolute Gasteiger partial charge is 0.174 e. The highest BCUT2D eigenvalue weighted by Gasteiger charge is 2.22. The standard InChI is InChI=1S/C10H16N4S2/c1-3-5-12-10(2,7-11)4-6-15-9-14-13-8-16-9/h8,12H,3-6H2,1-2H3. The number of nitriles is 1. The van der Waals surface area contributed by atoms with Crippen LogP contribution in [0.25, 0.3) is 0 Å². The number of nitrogens with one attached hydrogen (secondary N) is 1. The van der Waals surface area contributed by atoms with Crippen LogP contribution >= 0.6 is 23.1 Å². The molecule has 88 valence electrons. The van der Waals surface area contributed by atoms with Gasteiger partial charge < -0.3 is 0 Å². The topological polar surface area (TPSA) is 61.6 Å². The first kappa shape index (κ1) is 13.4. The van der Waals surface area contributed by atoms with Crippen LogP contribution in [0.2, 0.25) is 0 Å². The average molecular weight is 256 g/mol. The maximum Gasteiger partial charge on any atom is 0.174 e. The minimum Gasteiger partial charge on any atom is -0.300 e. The highest BCUT2D eigenvalue weighted by atomic mass is 32.2. The lowest BCUT2D eigenvalue weighted by Crippen LogP contribution is -2.41. The van der Waals surface area contributed by atoms with E-state index in [0.29, 0.717) is 0 Å². The Morgan fingerprint density at radius 2 is 2.50 bits per heavy atom. The Kier molecular flexibility index (Phi) is 5.74. The fourth-order valence-corrected chi connectivity index (χ4v) is 2.87. The van der Waals surface area contributed by atoms with Gasteiger partial charge in [0, 0.05) is 5.75 Å². The molecule has 16 heavy (non-hydrogen) atoms. The zero-order valence-corrected chi connectivity index (χ0v) is 11.2. The molecule has 0 bridgehead atoms. The van der Waals surface area contributed by atoms with Gasteiger partial charge in [-0.25, -0.2) is 0 Å². The number of nitrogens with zero attached hydrogens (tertiary/aromatic N) is 3. The van der Waals surface area contributed by atoms with Crippen molar-refractivity contribution < 1.29 is 0 Å². The summed E-state index contributed by atoms with van der Waals surface area (Å²) in [5.74, 6) is 0.885. The third-order valence-electron chi connectivity index (χ3n) is 2.18. The molecular formula is C10H16N4S2. The van der Waals surface area contributed by atoms with E-state index in [0.717, 1.165) is 29.5 Å². The number of aromatic nitrogens is 2. The molecule has 0 saturated carbocycles. The molecule has 0 radical (unpaired) electrons. The van der Waals surface area contributed by atoms with Gasteiger partial charge in [-0.3, -0.25) is 5.32 Å². The molecule has 1 aromatic heterocycles. The van der Waals surface area contributed by atoms with Gasteiger partial charge >= 0.3 is 0 Å². The Bertz CT molecular complexity index is 333. The molecule has 0 aliphatic carbocycles. The normalized spacial score (nSPS) is 14.3. The monoisotopic (exact) mass is 256 g/mol. The molecule has 0 aromatic carbocycles. The summed E-state index contributed by atoms with van der Waals surface area (Å²) in [6.07, 6.45) is 1.86. The molecule has 1 heterocycles. The second-order valence-electron chi connectivity index (χ2n) is 3.67. The fourth-order valence-electron chi connectivity index (χ4n) is 1.15. The lowest BCUT2D eigenvalue weighted by Gasteiger charge is -2.22. The Hall–Kier alpha value is -0.640. The summed E-state index contributed by atoms with van der Waals surface area (Å²) in [6.45, 7) is 4.93. The van der Waals surface area contributed by atoms with Crippen molar-refractivity contribution in [2.45, 2.75) is 36.6 Å². The summed E-state index contributed by atoms with van der Waals surface area (Å²) < 4.78 is 0.968. The van der Waals surface area contributed by atoms with Gasteiger partial charge in [0.25, 0.3) is 0 Å². The molecule has 1 N–H and O–H groups in total. The second-order valence-corrected chi connectivity index (χ2v) is 5.85. The molecule has 1 atom stereocenters. The maximum absolute atomic E-state index is 9.12. The number of hydrogen-bond donors (Lipinski definition) is 1. The first-order chi connectivity index (χ1) is 7.70. The van der Waals surface area contributed by atoms with E-state index < -0.39 is 5.54 Å². The van der Waals surface area contributed by atoms with Gasteiger partial charge in [-0.2, -0.15) is 5.26 Å². The van der Waals surface area contributed by atoms with Gasteiger partial charge in [-0.1, -0.05) is 30.0 Å². The predicted octanol–water partition coefficient (Wildman–Crippen LogP) is 2.30. The van der Waals surface area contributed by atoms with E-state index in [1.807, 2.05) is 6.92 Å². The van der Waals surface area contributed by atoms with Crippen LogP contribution in [0.5, 0.6) is 0 Å². The summed E-state index contributed by atoms with van der Waals surface area (Å²) in [5.41, 5.74) is 1.30. The van der Waals surface area contributed by atoms with Gasteiger partial charge in [-0.05, 0) is 26.3 Å². The minimum absolute atomic E-state index is 0.423. The van der Waals surface area contributed by atoms with Crippen molar-refractivity contribution in [3.63, 3.8) is 0 Å². The molecule has 4 nitrogen and oxygen atoms in total. The third-order valence-corrected chi connectivity index (χ3v) is 4.04. The summed E-state index contributed by atoms with van der Waals surface area (Å²) in [4.78, 5) is 0. The van der Waals surface area contributed by atoms with E-state index in [1.165, 1.54) is 11.3 Å². The zero-order valence-electron chi connectivity index (χ0n) is 9.56. The first-order valence-electron chi connectivity index (χ1n) is 5.25. The second kappa shape index (κ2) is 6.84. The Morgan fingerprint density at radius 1 is 1.69 bits per heavy atom. The third kappa shape index (κ3) is 4.47. The van der Waals surface area contributed by atoms with Crippen LogP contribution in [0.4, 0.5) is 0 Å². The Morgan fingerprint density at radius 3 is 3.06 bits per heavy atom. The molecule has 0 aliphatic rings. The van der Waals surface area contributed by atoms with Crippen LogP contribution in [-0.2, 0) is 0 Å². The van der Waals surface area contributed by atoms with Crippen LogP contribution in [0.15, 0.2) is 9.85 Å². The van der Waals surface area contributed by atoms with E-state index >= 15 is 0 Å². The van der Waals surface area contributed by atoms with Crippen LogP contribution in [0.1, 0.15) is 26.7 Å². The van der Waals surface area contributed by atoms with Crippen molar-refractivity contribution in [3.8, 4) is 6.07 Å².